The van der Waals surface area contributed by atoms with Crippen LogP contribution in [0.2, 0.25) is 0 Å². The third kappa shape index (κ3) is 5.09. The van der Waals surface area contributed by atoms with Crippen LogP contribution in [0.15, 0.2) is 69.4 Å². The molecule has 0 aliphatic carbocycles. The summed E-state index contributed by atoms with van der Waals surface area (Å²) in [5.74, 6) is 1.36. The highest BCUT2D eigenvalue weighted by atomic mass is 32.1. The quantitative estimate of drug-likeness (QED) is 0.317. The molecular formula is C25H26N6O3S. The van der Waals surface area contributed by atoms with E-state index >= 15 is 0 Å². The van der Waals surface area contributed by atoms with Gasteiger partial charge in [0.25, 0.3) is 5.56 Å². The average Bonchev–Trinajstić information content (AvgIpc) is 3.62. The van der Waals surface area contributed by atoms with E-state index in [4.69, 9.17) is 9.15 Å². The first-order valence-electron chi connectivity index (χ1n) is 11.3. The summed E-state index contributed by atoms with van der Waals surface area (Å²) in [4.78, 5) is 19.9. The zero-order valence-electron chi connectivity index (χ0n) is 19.5. The molecule has 0 radical (unpaired) electrons. The molecule has 0 bridgehead atoms. The number of aromatic nitrogens is 5. The molecule has 1 atom stereocenters. The Kier molecular flexibility index (Phi) is 6.84. The van der Waals surface area contributed by atoms with Gasteiger partial charge in [-0.1, -0.05) is 18.2 Å². The van der Waals surface area contributed by atoms with Crippen molar-refractivity contribution in [1.82, 2.24) is 30.1 Å². The SMILES string of the molecule is COCCn1nnnc1[C@@H](c1cc2ccc(C)cc2[nH]c1=O)N(Cc1ccco1)Cc1cccs1. The first-order valence-corrected chi connectivity index (χ1v) is 12.2. The number of aromatic amines is 1. The molecule has 0 saturated heterocycles. The second-order valence-electron chi connectivity index (χ2n) is 8.36. The minimum Gasteiger partial charge on any atom is -0.468 e. The summed E-state index contributed by atoms with van der Waals surface area (Å²) in [5.41, 5.74) is 2.27. The molecule has 0 amide bonds. The summed E-state index contributed by atoms with van der Waals surface area (Å²) < 4.78 is 12.7. The number of aryl methyl sites for hydroxylation is 1. The van der Waals surface area contributed by atoms with E-state index < -0.39 is 6.04 Å². The van der Waals surface area contributed by atoms with Gasteiger partial charge in [0.05, 0.1) is 26.0 Å². The van der Waals surface area contributed by atoms with Crippen molar-refractivity contribution in [3.63, 3.8) is 0 Å². The van der Waals surface area contributed by atoms with Crippen molar-refractivity contribution in [3.8, 4) is 0 Å². The molecule has 10 heteroatoms. The number of nitrogens with zero attached hydrogens (tertiary/aromatic N) is 5. The number of pyridine rings is 1. The van der Waals surface area contributed by atoms with Crippen LogP contribution in [0.25, 0.3) is 10.9 Å². The second-order valence-corrected chi connectivity index (χ2v) is 9.40. The lowest BCUT2D eigenvalue weighted by Gasteiger charge is -2.30. The highest BCUT2D eigenvalue weighted by Crippen LogP contribution is 2.31. The molecule has 4 heterocycles. The first-order chi connectivity index (χ1) is 17.1. The van der Waals surface area contributed by atoms with Crippen molar-refractivity contribution in [3.05, 3.63) is 98.1 Å². The van der Waals surface area contributed by atoms with E-state index in [0.717, 1.165) is 27.1 Å². The molecule has 0 unspecified atom stereocenters. The normalized spacial score (nSPS) is 12.5. The number of tetrazole rings is 1. The Morgan fingerprint density at radius 2 is 2.11 bits per heavy atom. The highest BCUT2D eigenvalue weighted by molar-refractivity contribution is 7.09. The van der Waals surface area contributed by atoms with E-state index in [9.17, 15) is 4.79 Å². The number of nitrogens with one attached hydrogen (secondary N) is 1. The van der Waals surface area contributed by atoms with Gasteiger partial charge in [-0.25, -0.2) is 4.68 Å². The zero-order valence-corrected chi connectivity index (χ0v) is 20.4. The number of rotatable bonds is 10. The Bertz CT molecular complexity index is 1410. The Morgan fingerprint density at radius 3 is 2.89 bits per heavy atom. The number of H-pyrrole nitrogens is 1. The van der Waals surface area contributed by atoms with Crippen molar-refractivity contribution in [1.29, 1.82) is 0 Å². The second kappa shape index (κ2) is 10.3. The van der Waals surface area contributed by atoms with Crippen LogP contribution in [0.1, 0.15) is 33.6 Å². The number of furan rings is 1. The van der Waals surface area contributed by atoms with Crippen molar-refractivity contribution in [2.75, 3.05) is 13.7 Å². The van der Waals surface area contributed by atoms with Gasteiger partial charge in [-0.3, -0.25) is 9.69 Å². The highest BCUT2D eigenvalue weighted by Gasteiger charge is 2.31. The minimum atomic E-state index is -0.525. The number of fused-ring (bicyclic) bond motifs is 1. The summed E-state index contributed by atoms with van der Waals surface area (Å²) in [6.45, 7) is 3.98. The molecule has 0 fully saturated rings. The fourth-order valence-electron chi connectivity index (χ4n) is 4.22. The molecule has 0 saturated carbocycles. The predicted molar refractivity (Wildman–Crippen MR) is 133 cm³/mol. The Morgan fingerprint density at radius 1 is 1.20 bits per heavy atom. The lowest BCUT2D eigenvalue weighted by molar-refractivity contribution is 0.164. The van der Waals surface area contributed by atoms with Crippen LogP contribution in [0.5, 0.6) is 0 Å². The fraction of sp³-hybridized carbons (Fsp3) is 0.280. The fourth-order valence-corrected chi connectivity index (χ4v) is 4.95. The molecule has 5 aromatic rings. The molecule has 5 rings (SSSR count). The van der Waals surface area contributed by atoms with Gasteiger partial charge in [0, 0.05) is 29.6 Å². The molecule has 4 aromatic heterocycles. The van der Waals surface area contributed by atoms with Gasteiger partial charge in [0.2, 0.25) is 0 Å². The third-order valence-corrected chi connectivity index (χ3v) is 6.74. The lowest BCUT2D eigenvalue weighted by Crippen LogP contribution is -2.34. The number of methoxy groups -OCH3 is 1. The van der Waals surface area contributed by atoms with Crippen LogP contribution in [-0.2, 0) is 24.4 Å². The zero-order chi connectivity index (χ0) is 24.2. The van der Waals surface area contributed by atoms with E-state index in [1.54, 1.807) is 29.4 Å². The Labute approximate surface area is 206 Å². The van der Waals surface area contributed by atoms with Crippen molar-refractivity contribution < 1.29 is 9.15 Å². The summed E-state index contributed by atoms with van der Waals surface area (Å²) in [6, 6.07) is 15.3. The Balaban J connectivity index is 1.67. The van der Waals surface area contributed by atoms with Crippen molar-refractivity contribution in [2.45, 2.75) is 32.6 Å². The molecule has 1 aromatic carbocycles. The monoisotopic (exact) mass is 490 g/mol. The van der Waals surface area contributed by atoms with Gasteiger partial charge in [0.15, 0.2) is 5.82 Å². The van der Waals surface area contributed by atoms with Gasteiger partial charge in [-0.05, 0) is 64.0 Å². The van der Waals surface area contributed by atoms with Gasteiger partial charge in [-0.2, -0.15) is 0 Å². The maximum absolute atomic E-state index is 13.5. The van der Waals surface area contributed by atoms with Crippen LogP contribution >= 0.6 is 11.3 Å². The molecule has 35 heavy (non-hydrogen) atoms. The average molecular weight is 491 g/mol. The Hall–Kier alpha value is -3.60. The van der Waals surface area contributed by atoms with Crippen LogP contribution in [-0.4, -0.2) is 43.8 Å². The summed E-state index contributed by atoms with van der Waals surface area (Å²) >= 11 is 1.66. The van der Waals surface area contributed by atoms with E-state index in [0.29, 0.717) is 37.6 Å². The molecule has 9 nitrogen and oxygen atoms in total. The third-order valence-electron chi connectivity index (χ3n) is 5.88. The minimum absolute atomic E-state index is 0.176. The van der Waals surface area contributed by atoms with Crippen LogP contribution in [0, 0.1) is 6.92 Å². The number of benzene rings is 1. The van der Waals surface area contributed by atoms with E-state index in [2.05, 4.69) is 31.5 Å². The standard InChI is InChI=1S/C25H26N6O3S/c1-17-7-8-18-14-21(25(32)26-22(18)13-17)23(24-27-28-29-31(24)9-11-33-2)30(15-19-5-3-10-34-19)16-20-6-4-12-35-20/h3-8,10,12-14,23H,9,11,15-16H2,1-2H3,(H,26,32)/t23-/m1/s1. The molecule has 0 aliphatic heterocycles. The largest absolute Gasteiger partial charge is 0.468 e. The first kappa shape index (κ1) is 23.2. The predicted octanol–water partition coefficient (Wildman–Crippen LogP) is 3.92. The molecular weight excluding hydrogens is 464 g/mol. The number of thiophene rings is 1. The van der Waals surface area contributed by atoms with Crippen molar-refractivity contribution >= 4 is 22.2 Å². The lowest BCUT2D eigenvalue weighted by atomic mass is 10.0. The van der Waals surface area contributed by atoms with E-state index in [-0.39, 0.29) is 5.56 Å². The maximum Gasteiger partial charge on any atom is 0.253 e. The van der Waals surface area contributed by atoms with Crippen molar-refractivity contribution in [2.24, 2.45) is 0 Å². The van der Waals surface area contributed by atoms with Gasteiger partial charge in [-0.15, -0.1) is 16.4 Å². The molecule has 0 spiro atoms. The summed E-state index contributed by atoms with van der Waals surface area (Å²) in [7, 11) is 1.64. The number of hydrogen-bond acceptors (Lipinski definition) is 8. The summed E-state index contributed by atoms with van der Waals surface area (Å²) in [5, 5.41) is 15.5. The van der Waals surface area contributed by atoms with Crippen LogP contribution < -0.4 is 5.56 Å². The van der Waals surface area contributed by atoms with Crippen LogP contribution in [0.4, 0.5) is 0 Å². The summed E-state index contributed by atoms with van der Waals surface area (Å²) in [6.07, 6.45) is 1.65. The topological polar surface area (TPSA) is 102 Å². The number of ether oxygens (including phenoxy) is 1. The van der Waals surface area contributed by atoms with Crippen LogP contribution in [0.3, 0.4) is 0 Å². The van der Waals surface area contributed by atoms with Gasteiger partial charge >= 0.3 is 0 Å². The maximum atomic E-state index is 13.5. The van der Waals surface area contributed by atoms with Gasteiger partial charge < -0.3 is 14.1 Å². The molecule has 0 aliphatic rings. The van der Waals surface area contributed by atoms with E-state index in [1.807, 2.05) is 54.8 Å². The molecule has 180 valence electrons. The van der Waals surface area contributed by atoms with E-state index in [1.165, 1.54) is 0 Å². The molecule has 1 N–H and O–H groups in total. The van der Waals surface area contributed by atoms with Gasteiger partial charge in [0.1, 0.15) is 11.8 Å². The smallest absolute Gasteiger partial charge is 0.253 e. The number of hydrogen-bond donors (Lipinski definition) is 1.